The van der Waals surface area contributed by atoms with E-state index in [2.05, 4.69) is 37.9 Å². The van der Waals surface area contributed by atoms with Gasteiger partial charge in [-0.05, 0) is 55.2 Å². The van der Waals surface area contributed by atoms with E-state index in [1.807, 2.05) is 115 Å². The van der Waals surface area contributed by atoms with E-state index in [0.29, 0.717) is 43.2 Å². The first kappa shape index (κ1) is 66.4. The molecule has 0 radical (unpaired) electrons. The molecule has 0 atom stereocenters. The number of rotatable bonds is 19. The minimum atomic E-state index is -0.573. The Morgan fingerprint density at radius 2 is 1.11 bits per heavy atom. The van der Waals surface area contributed by atoms with E-state index in [-0.39, 0.29) is 70.6 Å². The third-order valence-corrected chi connectivity index (χ3v) is 10.4. The molecule has 0 saturated heterocycles. The van der Waals surface area contributed by atoms with E-state index in [0.717, 1.165) is 34.2 Å². The van der Waals surface area contributed by atoms with Gasteiger partial charge in [0.2, 0.25) is 0 Å². The summed E-state index contributed by atoms with van der Waals surface area (Å²) in [6.45, 7) is 16.3. The minimum absolute atomic E-state index is 0.00416. The molecule has 0 aliphatic heterocycles. The van der Waals surface area contributed by atoms with Crippen LogP contribution in [-0.4, -0.2) is 42.5 Å². The number of nitriles is 3. The first-order chi connectivity index (χ1) is 35.8. The second kappa shape index (κ2) is 37.2. The van der Waals surface area contributed by atoms with Gasteiger partial charge in [-0.2, -0.15) is 15.8 Å². The molecule has 6 rings (SSSR count). The number of nitrogens with one attached hydrogen (secondary N) is 1. The van der Waals surface area contributed by atoms with E-state index in [4.69, 9.17) is 60.5 Å². The number of anilines is 3. The molecule has 1 aromatic heterocycles. The molecule has 0 amide bonds. The Balaban J connectivity index is 0.000000628. The number of nitrogens with two attached hydrogens (primary N) is 2. The maximum atomic E-state index is 14.1. The average molecular weight is 1160 g/mol. The van der Waals surface area contributed by atoms with Crippen molar-refractivity contribution in [2.45, 2.75) is 93.6 Å². The number of Topliss-reactive ketones (excluding diaryl/α,β-unsaturated/α-hetero) is 2. The quantitative estimate of drug-likeness (QED) is 0.0396. The summed E-state index contributed by atoms with van der Waals surface area (Å²) in [5, 5.41) is 25.8. The summed E-state index contributed by atoms with van der Waals surface area (Å²) in [4.78, 5) is 24.9. The molecule has 0 fully saturated rings. The van der Waals surface area contributed by atoms with Crippen LogP contribution in [-0.2, 0) is 71.5 Å². The molecular weight excluding hydrogens is 1090 g/mol. The topological polar surface area (TPSA) is 202 Å². The summed E-state index contributed by atoms with van der Waals surface area (Å²) in [6.07, 6.45) is 0.889. The van der Waals surface area contributed by atoms with Crippen LogP contribution in [0.15, 0.2) is 121 Å². The number of ketones is 2. The summed E-state index contributed by atoms with van der Waals surface area (Å²) in [5.41, 5.74) is 16.7. The molecule has 0 spiro atoms. The summed E-state index contributed by atoms with van der Waals surface area (Å²) in [7, 11) is 9.63. The number of hydrogen-bond acceptors (Lipinski definition) is 11. The molecule has 0 aliphatic rings. The Hall–Kier alpha value is -6.61. The summed E-state index contributed by atoms with van der Waals surface area (Å²) < 4.78 is 47.0. The fourth-order valence-electron chi connectivity index (χ4n) is 6.50. The van der Waals surface area contributed by atoms with Crippen molar-refractivity contribution in [2.24, 2.45) is 5.41 Å². The predicted molar refractivity (Wildman–Crippen MR) is 293 cm³/mol. The van der Waals surface area contributed by atoms with Gasteiger partial charge in [0.15, 0.2) is 11.6 Å². The number of fused-ring (bicyclic) bond motifs is 1. The Morgan fingerprint density at radius 3 is 1.57 bits per heavy atom. The van der Waals surface area contributed by atoms with Crippen molar-refractivity contribution in [1.82, 2.24) is 4.57 Å². The predicted octanol–water partition coefficient (Wildman–Crippen LogP) is 13.0. The van der Waals surface area contributed by atoms with Gasteiger partial charge in [-0.15, -0.1) is 0 Å². The van der Waals surface area contributed by atoms with Gasteiger partial charge >= 0.3 is 35.0 Å². The van der Waals surface area contributed by atoms with Crippen molar-refractivity contribution >= 4 is 58.6 Å². The van der Waals surface area contributed by atoms with Crippen molar-refractivity contribution in [3.63, 3.8) is 0 Å². The number of carbonyl (C=O) groups excluding carboxylic acids is 2. The van der Waals surface area contributed by atoms with Crippen LogP contribution in [0.2, 0.25) is 0 Å². The van der Waals surface area contributed by atoms with Gasteiger partial charge in [-0.25, -0.2) is 8.78 Å². The molecule has 0 unspecified atom stereocenters. The van der Waals surface area contributed by atoms with E-state index < -0.39 is 17.0 Å². The first-order valence-electron chi connectivity index (χ1n) is 23.4. The zero-order chi connectivity index (χ0) is 56.2. The number of nitrogen functional groups attached to an aromatic ring is 2. The van der Waals surface area contributed by atoms with E-state index in [1.54, 1.807) is 24.3 Å². The Kier molecular flexibility index (Phi) is 32.9. The van der Waals surface area contributed by atoms with Gasteiger partial charge in [0.25, 0.3) is 0 Å². The molecule has 402 valence electrons. The zero-order valence-electron chi connectivity index (χ0n) is 43.7. The molecule has 12 nitrogen and oxygen atoms in total. The third kappa shape index (κ3) is 26.4. The van der Waals surface area contributed by atoms with Gasteiger partial charge in [0, 0.05) is 60.4 Å². The van der Waals surface area contributed by atoms with Gasteiger partial charge in [0.05, 0.1) is 80.3 Å². The number of benzene rings is 5. The standard InChI is InChI=1S/C29H31FN2O3.C23H27FN2O2.3C2H3N.2ClH.Pd/c1-29(2,21-35-19-23-11-7-4-8-12-23)14-13-24-15-27(31)26(30)16-28(24)32-17-25(33)20-34-18-22-9-5-3-6-10-22;1-4-23(2,3)22-11-17-10-20(25)19(24)12-21(17)26(22)13-18(27)15-28-14-16-8-6-5-7-9-16;3*1-2-3;;;/h3-12,15-16,32H,17-21,31H2,1-2H3;5-12H,4,13-15,25H2,1-3H3;3*1H3;2*1H;/q;;;;;;;+2/p-2. The second-order valence-corrected chi connectivity index (χ2v) is 19.8. The number of aromatic nitrogens is 1. The summed E-state index contributed by atoms with van der Waals surface area (Å²) in [5.74, 6) is 5.00. The van der Waals surface area contributed by atoms with Crippen molar-refractivity contribution < 1.29 is 48.5 Å². The van der Waals surface area contributed by atoms with Crippen LogP contribution in [0.1, 0.15) is 89.8 Å². The molecule has 0 aliphatic carbocycles. The van der Waals surface area contributed by atoms with Crippen molar-refractivity contribution in [3.8, 4) is 30.0 Å². The average Bonchev–Trinajstić information content (AvgIpc) is 3.72. The molecule has 5 N–H and O–H groups in total. The van der Waals surface area contributed by atoms with E-state index in [9.17, 15) is 18.4 Å². The first-order valence-corrected chi connectivity index (χ1v) is 27.4. The zero-order valence-corrected chi connectivity index (χ0v) is 46.8. The summed E-state index contributed by atoms with van der Waals surface area (Å²) in [6, 6.07) is 42.3. The van der Waals surface area contributed by atoms with Gasteiger partial charge < -0.3 is 35.6 Å². The van der Waals surface area contributed by atoms with Crippen LogP contribution in [0, 0.1) is 62.9 Å². The molecule has 17 heteroatoms. The van der Waals surface area contributed by atoms with Gasteiger partial charge in [0.1, 0.15) is 24.8 Å². The van der Waals surface area contributed by atoms with Gasteiger partial charge in [-0.1, -0.05) is 124 Å². The molecular formula is C58H67Cl2F2N7O5Pd. The van der Waals surface area contributed by atoms with Gasteiger partial charge in [-0.3, -0.25) is 9.59 Å². The number of carbonyl (C=O) groups is 2. The molecule has 5 aromatic carbocycles. The number of nitrogens with zero attached hydrogens (tertiary/aromatic N) is 4. The fourth-order valence-corrected chi connectivity index (χ4v) is 6.50. The monoisotopic (exact) mass is 1160 g/mol. The van der Waals surface area contributed by atoms with Crippen molar-refractivity contribution in [2.75, 3.05) is 43.1 Å². The summed E-state index contributed by atoms with van der Waals surface area (Å²) >= 11 is -0.106. The Morgan fingerprint density at radius 1 is 0.680 bits per heavy atom. The number of halogens is 4. The Bertz CT molecular complexity index is 2810. The van der Waals surface area contributed by atoms with Crippen molar-refractivity contribution in [1.29, 1.82) is 15.8 Å². The van der Waals surface area contributed by atoms with Crippen LogP contribution in [0.4, 0.5) is 25.8 Å². The van der Waals surface area contributed by atoms with Crippen LogP contribution < -0.4 is 16.8 Å². The third-order valence-electron chi connectivity index (χ3n) is 10.4. The van der Waals surface area contributed by atoms with E-state index >= 15 is 0 Å². The Labute approximate surface area is 458 Å². The van der Waals surface area contributed by atoms with E-state index in [1.165, 1.54) is 39.0 Å². The number of ether oxygens (including phenoxy) is 3. The second-order valence-electron chi connectivity index (χ2n) is 17.4. The maximum absolute atomic E-state index is 14.1. The van der Waals surface area contributed by atoms with Crippen LogP contribution in [0.3, 0.4) is 0 Å². The molecule has 6 aromatic rings. The number of hydrogen-bond donors (Lipinski definition) is 3. The molecule has 75 heavy (non-hydrogen) atoms. The van der Waals surface area contributed by atoms with Crippen LogP contribution in [0.25, 0.3) is 10.9 Å². The molecule has 0 saturated carbocycles. The molecule has 0 bridgehead atoms. The SMILES string of the molecule is CC#N.CC#N.CC#N.CC(C)(C#Cc1cc(N)c(F)cc1NCC(=O)COCc1ccccc1)COCc1ccccc1.CCC(C)(C)c1cc2cc(N)c(F)cc2n1CC(=O)COCc1ccccc1.[Cl][Pd][Cl]. The van der Waals surface area contributed by atoms with Crippen molar-refractivity contribution in [3.05, 3.63) is 161 Å². The molecule has 1 heterocycles. The normalized spacial score (nSPS) is 10.1. The van der Waals surface area contributed by atoms with Crippen LogP contribution in [0.5, 0.6) is 0 Å². The van der Waals surface area contributed by atoms with Crippen LogP contribution >= 0.6 is 19.1 Å². The fraction of sp³-hybridized carbons (Fsp3) is 0.328.